The van der Waals surface area contributed by atoms with Crippen molar-refractivity contribution in [3.8, 4) is 5.75 Å². The fourth-order valence-electron chi connectivity index (χ4n) is 2.11. The molecule has 3 aromatic rings. The molecule has 3 heteroatoms. The van der Waals surface area contributed by atoms with Gasteiger partial charge in [-0.15, -0.1) is 0 Å². The van der Waals surface area contributed by atoms with Crippen LogP contribution in [0.25, 0.3) is 10.9 Å². The van der Waals surface area contributed by atoms with Crippen LogP contribution in [-0.2, 0) is 7.05 Å². The van der Waals surface area contributed by atoms with Crippen LogP contribution >= 0.6 is 0 Å². The highest BCUT2D eigenvalue weighted by atomic mass is 16.3. The second-order valence-electron chi connectivity index (χ2n) is 4.46. The zero-order valence-electron chi connectivity index (χ0n) is 10.6. The van der Waals surface area contributed by atoms with Crippen molar-refractivity contribution in [1.82, 2.24) is 4.57 Å². The average molecular weight is 250 g/mol. The molecule has 1 N–H and O–H groups in total. The van der Waals surface area contributed by atoms with Gasteiger partial charge in [0.1, 0.15) is 5.75 Å². The molecule has 0 unspecified atom stereocenters. The molecule has 0 atom stereocenters. The maximum Gasteiger partial charge on any atom is 0.115 e. The van der Waals surface area contributed by atoms with Gasteiger partial charge in [0.25, 0.3) is 0 Å². The van der Waals surface area contributed by atoms with Gasteiger partial charge >= 0.3 is 0 Å². The first-order valence-corrected chi connectivity index (χ1v) is 6.11. The van der Waals surface area contributed by atoms with E-state index in [1.165, 1.54) is 10.9 Å². The van der Waals surface area contributed by atoms with Crippen LogP contribution in [-0.4, -0.2) is 15.9 Å². The van der Waals surface area contributed by atoms with Crippen molar-refractivity contribution in [2.75, 3.05) is 0 Å². The van der Waals surface area contributed by atoms with E-state index in [2.05, 4.69) is 27.8 Å². The van der Waals surface area contributed by atoms with Crippen LogP contribution in [0.3, 0.4) is 0 Å². The molecule has 3 rings (SSSR count). The van der Waals surface area contributed by atoms with Crippen molar-refractivity contribution >= 4 is 22.8 Å². The Morgan fingerprint density at radius 1 is 1.05 bits per heavy atom. The summed E-state index contributed by atoms with van der Waals surface area (Å²) < 4.78 is 2.11. The van der Waals surface area contributed by atoms with Crippen LogP contribution in [0.4, 0.5) is 5.69 Å². The first-order valence-electron chi connectivity index (χ1n) is 6.11. The van der Waals surface area contributed by atoms with E-state index < -0.39 is 0 Å². The van der Waals surface area contributed by atoms with Gasteiger partial charge in [0.2, 0.25) is 0 Å². The summed E-state index contributed by atoms with van der Waals surface area (Å²) in [5, 5.41) is 10.4. The van der Waals surface area contributed by atoms with E-state index in [-0.39, 0.29) is 5.75 Å². The monoisotopic (exact) mass is 250 g/mol. The van der Waals surface area contributed by atoms with E-state index in [0.717, 1.165) is 11.4 Å². The molecule has 0 amide bonds. The summed E-state index contributed by atoms with van der Waals surface area (Å²) in [5.41, 5.74) is 3.06. The summed E-state index contributed by atoms with van der Waals surface area (Å²) in [6.07, 6.45) is 1.84. The maximum atomic E-state index is 9.23. The van der Waals surface area contributed by atoms with Gasteiger partial charge in [0.15, 0.2) is 0 Å². The van der Waals surface area contributed by atoms with Crippen LogP contribution in [0.15, 0.2) is 59.6 Å². The number of aromatic nitrogens is 1. The topological polar surface area (TPSA) is 37.5 Å². The Morgan fingerprint density at radius 3 is 2.53 bits per heavy atom. The first-order chi connectivity index (χ1) is 9.24. The van der Waals surface area contributed by atoms with E-state index in [4.69, 9.17) is 0 Å². The zero-order valence-corrected chi connectivity index (χ0v) is 10.6. The number of phenols is 1. The molecule has 0 saturated heterocycles. The Balaban J connectivity index is 1.97. The first kappa shape index (κ1) is 11.5. The summed E-state index contributed by atoms with van der Waals surface area (Å²) >= 11 is 0. The zero-order chi connectivity index (χ0) is 13.2. The second kappa shape index (κ2) is 4.61. The summed E-state index contributed by atoms with van der Waals surface area (Å²) in [6.45, 7) is 0. The maximum absolute atomic E-state index is 9.23. The Morgan fingerprint density at radius 2 is 1.79 bits per heavy atom. The van der Waals surface area contributed by atoms with Gasteiger partial charge < -0.3 is 9.67 Å². The Labute approximate surface area is 111 Å². The lowest BCUT2D eigenvalue weighted by Crippen LogP contribution is -1.93. The number of nitrogens with zero attached hydrogens (tertiary/aromatic N) is 2. The van der Waals surface area contributed by atoms with Gasteiger partial charge in [-0.1, -0.05) is 18.2 Å². The fraction of sp³-hybridized carbons (Fsp3) is 0.0625. The van der Waals surface area contributed by atoms with E-state index in [0.29, 0.717) is 0 Å². The Bertz CT molecular complexity index is 739. The van der Waals surface area contributed by atoms with E-state index >= 15 is 0 Å². The summed E-state index contributed by atoms with van der Waals surface area (Å²) in [5.74, 6) is 0.253. The minimum absolute atomic E-state index is 0.253. The minimum atomic E-state index is 0.253. The SMILES string of the molecule is Cn1c(C=Nc2ccc(O)cc2)cc2ccccc21. The quantitative estimate of drug-likeness (QED) is 0.693. The van der Waals surface area contributed by atoms with Crippen LogP contribution < -0.4 is 0 Å². The third-order valence-corrected chi connectivity index (χ3v) is 3.18. The number of hydrogen-bond donors (Lipinski definition) is 1. The smallest absolute Gasteiger partial charge is 0.115 e. The van der Waals surface area contributed by atoms with Gasteiger partial charge in [0.05, 0.1) is 17.6 Å². The lowest BCUT2D eigenvalue weighted by atomic mass is 10.2. The van der Waals surface area contributed by atoms with Gasteiger partial charge in [-0.25, -0.2) is 0 Å². The lowest BCUT2D eigenvalue weighted by molar-refractivity contribution is 0.475. The third kappa shape index (κ3) is 2.22. The van der Waals surface area contributed by atoms with Gasteiger partial charge in [0, 0.05) is 18.0 Å². The number of aliphatic imine (C=N–C) groups is 1. The number of para-hydroxylation sites is 1. The Hall–Kier alpha value is -2.55. The minimum Gasteiger partial charge on any atom is -0.508 e. The molecule has 3 nitrogen and oxygen atoms in total. The normalized spacial score (nSPS) is 11.4. The van der Waals surface area contributed by atoms with Crippen molar-refractivity contribution in [3.63, 3.8) is 0 Å². The molecule has 0 fully saturated rings. The molecule has 0 aliphatic carbocycles. The summed E-state index contributed by atoms with van der Waals surface area (Å²) in [6, 6.07) is 17.2. The van der Waals surface area contributed by atoms with Crippen molar-refractivity contribution in [1.29, 1.82) is 0 Å². The number of phenolic OH excluding ortho intramolecular Hbond substituents is 1. The van der Waals surface area contributed by atoms with Crippen molar-refractivity contribution < 1.29 is 5.11 Å². The molecular formula is C16H14N2O. The number of hydrogen-bond acceptors (Lipinski definition) is 2. The molecule has 19 heavy (non-hydrogen) atoms. The largest absolute Gasteiger partial charge is 0.508 e. The van der Waals surface area contributed by atoms with Crippen molar-refractivity contribution in [2.24, 2.45) is 12.0 Å². The van der Waals surface area contributed by atoms with E-state index in [9.17, 15) is 5.11 Å². The van der Waals surface area contributed by atoms with Gasteiger partial charge in [-0.2, -0.15) is 0 Å². The molecule has 0 bridgehead atoms. The van der Waals surface area contributed by atoms with Crippen LogP contribution in [0.1, 0.15) is 5.69 Å². The van der Waals surface area contributed by atoms with Gasteiger partial charge in [-0.3, -0.25) is 4.99 Å². The second-order valence-corrected chi connectivity index (χ2v) is 4.46. The molecule has 2 aromatic carbocycles. The standard InChI is InChI=1S/C16H14N2O/c1-18-14(10-12-4-2-3-5-16(12)18)11-17-13-6-8-15(19)9-7-13/h2-11,19H,1H3. The van der Waals surface area contributed by atoms with Crippen LogP contribution in [0.2, 0.25) is 0 Å². The molecule has 0 spiro atoms. The summed E-state index contributed by atoms with van der Waals surface area (Å²) in [4.78, 5) is 4.42. The highest BCUT2D eigenvalue weighted by Crippen LogP contribution is 2.19. The van der Waals surface area contributed by atoms with Crippen LogP contribution in [0.5, 0.6) is 5.75 Å². The highest BCUT2D eigenvalue weighted by Gasteiger charge is 2.02. The number of benzene rings is 2. The lowest BCUT2D eigenvalue weighted by Gasteiger charge is -1.98. The molecule has 0 radical (unpaired) electrons. The van der Waals surface area contributed by atoms with Gasteiger partial charge in [-0.05, 0) is 36.4 Å². The number of rotatable bonds is 2. The molecular weight excluding hydrogens is 236 g/mol. The third-order valence-electron chi connectivity index (χ3n) is 3.18. The summed E-state index contributed by atoms with van der Waals surface area (Å²) in [7, 11) is 2.03. The predicted octanol–water partition coefficient (Wildman–Crippen LogP) is 3.63. The van der Waals surface area contributed by atoms with Crippen molar-refractivity contribution in [2.45, 2.75) is 0 Å². The average Bonchev–Trinajstić information content (AvgIpc) is 2.76. The van der Waals surface area contributed by atoms with E-state index in [1.54, 1.807) is 24.3 Å². The molecule has 1 aromatic heterocycles. The predicted molar refractivity (Wildman–Crippen MR) is 78.3 cm³/mol. The van der Waals surface area contributed by atoms with Crippen LogP contribution in [0, 0.1) is 0 Å². The number of fused-ring (bicyclic) bond motifs is 1. The molecule has 1 heterocycles. The van der Waals surface area contributed by atoms with Crippen molar-refractivity contribution in [3.05, 3.63) is 60.3 Å². The Kier molecular flexibility index (Phi) is 2.80. The van der Waals surface area contributed by atoms with E-state index in [1.807, 2.05) is 25.4 Å². The number of aryl methyl sites for hydroxylation is 1. The number of aromatic hydroxyl groups is 1. The molecule has 0 aliphatic heterocycles. The molecule has 94 valence electrons. The highest BCUT2D eigenvalue weighted by molar-refractivity contribution is 5.91. The molecule has 0 aliphatic rings. The molecule has 0 saturated carbocycles. The fourth-order valence-corrected chi connectivity index (χ4v) is 2.11.